The maximum atomic E-state index is 8.94. The molecule has 2 aromatic carbocycles. The van der Waals surface area contributed by atoms with Gasteiger partial charge in [-0.2, -0.15) is 5.26 Å². The lowest BCUT2D eigenvalue weighted by molar-refractivity contribution is 0.311. The lowest BCUT2D eigenvalue weighted by atomic mass is 10.1. The molecule has 29 heavy (non-hydrogen) atoms. The molecule has 0 radical (unpaired) electrons. The molecule has 0 saturated carbocycles. The van der Waals surface area contributed by atoms with Crippen LogP contribution in [-0.4, -0.2) is 54.0 Å². The Labute approximate surface area is 172 Å². The summed E-state index contributed by atoms with van der Waals surface area (Å²) in [6.45, 7) is 3.33. The van der Waals surface area contributed by atoms with Crippen LogP contribution in [0, 0.1) is 11.3 Å². The van der Waals surface area contributed by atoms with E-state index in [0.717, 1.165) is 54.2 Å². The summed E-state index contributed by atoms with van der Waals surface area (Å²) in [5.74, 6) is 1.70. The lowest BCUT2D eigenvalue weighted by Crippen LogP contribution is -2.20. The van der Waals surface area contributed by atoms with Crippen LogP contribution in [0.5, 0.6) is 0 Å². The van der Waals surface area contributed by atoms with Gasteiger partial charge in [0.15, 0.2) is 0 Å². The second-order valence-corrected chi connectivity index (χ2v) is 7.57. The van der Waals surface area contributed by atoms with Crippen molar-refractivity contribution in [3.8, 4) is 6.07 Å². The monoisotopic (exact) mass is 388 g/mol. The number of para-hydroxylation sites is 1. The van der Waals surface area contributed by atoms with Gasteiger partial charge >= 0.3 is 0 Å². The molecule has 0 unspecified atom stereocenters. The van der Waals surface area contributed by atoms with E-state index in [9.17, 15) is 0 Å². The van der Waals surface area contributed by atoms with Gasteiger partial charge in [0.1, 0.15) is 11.6 Å². The third kappa shape index (κ3) is 5.98. The zero-order valence-corrected chi connectivity index (χ0v) is 17.4. The number of anilines is 1. The van der Waals surface area contributed by atoms with Crippen LogP contribution in [0.4, 0.5) is 5.82 Å². The molecule has 3 rings (SSSR count). The fourth-order valence-corrected chi connectivity index (χ4v) is 3.23. The van der Waals surface area contributed by atoms with Crippen LogP contribution in [0.25, 0.3) is 10.9 Å². The standard InChI is InChI=1S/C23H28N6/c1-28(2)14-6-13-25-23-20-7-4-5-8-21(20)26-22(27-23)17-29(3)16-19-11-9-18(15-24)10-12-19/h4-5,7-12H,6,13-14,16-17H2,1-3H3,(H,25,26,27). The Kier molecular flexibility index (Phi) is 7.12. The van der Waals surface area contributed by atoms with Crippen LogP contribution in [0.3, 0.4) is 0 Å². The molecule has 0 saturated heterocycles. The van der Waals surface area contributed by atoms with Crippen molar-refractivity contribution in [2.24, 2.45) is 0 Å². The Morgan fingerprint density at radius 3 is 2.45 bits per heavy atom. The molecule has 6 heteroatoms. The van der Waals surface area contributed by atoms with Gasteiger partial charge in [0, 0.05) is 18.5 Å². The van der Waals surface area contributed by atoms with E-state index >= 15 is 0 Å². The van der Waals surface area contributed by atoms with Crippen LogP contribution in [-0.2, 0) is 13.1 Å². The third-order valence-corrected chi connectivity index (χ3v) is 4.67. The highest BCUT2D eigenvalue weighted by atomic mass is 15.1. The summed E-state index contributed by atoms with van der Waals surface area (Å²) in [5, 5.41) is 13.5. The Bertz CT molecular complexity index is 975. The summed E-state index contributed by atoms with van der Waals surface area (Å²) in [7, 11) is 6.23. The molecule has 150 valence electrons. The SMILES string of the molecule is CN(C)CCCNc1nc(CN(C)Cc2ccc(C#N)cc2)nc2ccccc12. The van der Waals surface area contributed by atoms with Gasteiger partial charge in [-0.1, -0.05) is 24.3 Å². The summed E-state index contributed by atoms with van der Waals surface area (Å²) in [5.41, 5.74) is 2.80. The van der Waals surface area contributed by atoms with Crippen molar-refractivity contribution in [3.63, 3.8) is 0 Å². The van der Waals surface area contributed by atoms with Crippen LogP contribution in [0.1, 0.15) is 23.4 Å². The molecule has 6 nitrogen and oxygen atoms in total. The van der Waals surface area contributed by atoms with Crippen molar-refractivity contribution >= 4 is 16.7 Å². The fourth-order valence-electron chi connectivity index (χ4n) is 3.23. The summed E-state index contributed by atoms with van der Waals surface area (Å²) in [4.78, 5) is 13.9. The quantitative estimate of drug-likeness (QED) is 0.566. The Hall–Kier alpha value is -3.01. The second kappa shape index (κ2) is 9.97. The Balaban J connectivity index is 1.71. The Morgan fingerprint density at radius 2 is 1.72 bits per heavy atom. The summed E-state index contributed by atoms with van der Waals surface area (Å²) in [6.07, 6.45) is 1.05. The molecule has 1 N–H and O–H groups in total. The van der Waals surface area contributed by atoms with E-state index in [4.69, 9.17) is 15.2 Å². The van der Waals surface area contributed by atoms with Crippen molar-refractivity contribution in [2.75, 3.05) is 39.5 Å². The average molecular weight is 389 g/mol. The maximum Gasteiger partial charge on any atom is 0.145 e. The van der Waals surface area contributed by atoms with Crippen molar-refractivity contribution < 1.29 is 0 Å². The van der Waals surface area contributed by atoms with Gasteiger partial charge in [0.25, 0.3) is 0 Å². The molecule has 0 aliphatic carbocycles. The van der Waals surface area contributed by atoms with E-state index in [0.29, 0.717) is 12.1 Å². The van der Waals surface area contributed by atoms with Crippen molar-refractivity contribution in [3.05, 3.63) is 65.5 Å². The normalized spacial score (nSPS) is 11.2. The van der Waals surface area contributed by atoms with E-state index in [-0.39, 0.29) is 0 Å². The lowest BCUT2D eigenvalue weighted by Gasteiger charge is -2.17. The number of fused-ring (bicyclic) bond motifs is 1. The largest absolute Gasteiger partial charge is 0.369 e. The second-order valence-electron chi connectivity index (χ2n) is 7.57. The minimum absolute atomic E-state index is 0.650. The third-order valence-electron chi connectivity index (χ3n) is 4.67. The smallest absolute Gasteiger partial charge is 0.145 e. The van der Waals surface area contributed by atoms with Crippen LogP contribution in [0.15, 0.2) is 48.5 Å². The van der Waals surface area contributed by atoms with Gasteiger partial charge < -0.3 is 10.2 Å². The predicted molar refractivity (Wildman–Crippen MR) is 118 cm³/mol. The van der Waals surface area contributed by atoms with E-state index in [1.807, 2.05) is 42.5 Å². The first-order valence-electron chi connectivity index (χ1n) is 9.87. The number of aromatic nitrogens is 2. The molecule has 0 aliphatic rings. The molecule has 0 bridgehead atoms. The number of nitriles is 1. The zero-order chi connectivity index (χ0) is 20.6. The predicted octanol–water partition coefficient (Wildman–Crippen LogP) is 3.50. The number of nitrogens with zero attached hydrogens (tertiary/aromatic N) is 5. The molecule has 0 aliphatic heterocycles. The number of hydrogen-bond donors (Lipinski definition) is 1. The molecule has 3 aromatic rings. The van der Waals surface area contributed by atoms with Crippen molar-refractivity contribution in [1.29, 1.82) is 5.26 Å². The summed E-state index contributed by atoms with van der Waals surface area (Å²) in [6, 6.07) is 18.0. The number of benzene rings is 2. The van der Waals surface area contributed by atoms with E-state index in [2.05, 4.69) is 48.4 Å². The van der Waals surface area contributed by atoms with E-state index in [1.54, 1.807) is 0 Å². The highest BCUT2D eigenvalue weighted by Gasteiger charge is 2.10. The number of hydrogen-bond acceptors (Lipinski definition) is 6. The fraction of sp³-hybridized carbons (Fsp3) is 0.348. The van der Waals surface area contributed by atoms with Gasteiger partial charge in [-0.15, -0.1) is 0 Å². The average Bonchev–Trinajstić information content (AvgIpc) is 2.71. The first-order chi connectivity index (χ1) is 14.0. The van der Waals surface area contributed by atoms with Crippen LogP contribution < -0.4 is 5.32 Å². The molecule has 1 aromatic heterocycles. The van der Waals surface area contributed by atoms with Crippen molar-refractivity contribution in [1.82, 2.24) is 19.8 Å². The van der Waals surface area contributed by atoms with Crippen LogP contribution >= 0.6 is 0 Å². The minimum atomic E-state index is 0.650. The number of rotatable bonds is 9. The Morgan fingerprint density at radius 1 is 0.966 bits per heavy atom. The molecule has 1 heterocycles. The molecular formula is C23H28N6. The zero-order valence-electron chi connectivity index (χ0n) is 17.4. The molecule has 0 fully saturated rings. The van der Waals surface area contributed by atoms with E-state index < -0.39 is 0 Å². The maximum absolute atomic E-state index is 8.94. The van der Waals surface area contributed by atoms with E-state index in [1.165, 1.54) is 0 Å². The summed E-state index contributed by atoms with van der Waals surface area (Å²) < 4.78 is 0. The van der Waals surface area contributed by atoms with Gasteiger partial charge in [-0.25, -0.2) is 9.97 Å². The summed E-state index contributed by atoms with van der Waals surface area (Å²) >= 11 is 0. The first kappa shape index (κ1) is 20.7. The van der Waals surface area contributed by atoms with Gasteiger partial charge in [-0.05, 0) is 63.9 Å². The highest BCUT2D eigenvalue weighted by Crippen LogP contribution is 2.21. The van der Waals surface area contributed by atoms with Gasteiger partial charge in [-0.3, -0.25) is 4.90 Å². The molecule has 0 spiro atoms. The molecule has 0 amide bonds. The van der Waals surface area contributed by atoms with Gasteiger partial charge in [0.2, 0.25) is 0 Å². The molecule has 0 atom stereocenters. The molecular weight excluding hydrogens is 360 g/mol. The minimum Gasteiger partial charge on any atom is -0.369 e. The van der Waals surface area contributed by atoms with Crippen molar-refractivity contribution in [2.45, 2.75) is 19.5 Å². The van der Waals surface area contributed by atoms with Gasteiger partial charge in [0.05, 0.1) is 23.7 Å². The van der Waals surface area contributed by atoms with Crippen LogP contribution in [0.2, 0.25) is 0 Å². The topological polar surface area (TPSA) is 68.1 Å². The number of nitrogens with one attached hydrogen (secondary N) is 1. The highest BCUT2D eigenvalue weighted by molar-refractivity contribution is 5.88. The first-order valence-corrected chi connectivity index (χ1v) is 9.87.